The van der Waals surface area contributed by atoms with Crippen molar-refractivity contribution in [1.29, 1.82) is 0 Å². The predicted octanol–water partition coefficient (Wildman–Crippen LogP) is -0.497. The Bertz CT molecular complexity index is 124. The second kappa shape index (κ2) is 2.35. The molecule has 0 spiro atoms. The molecule has 2 atom stereocenters. The monoisotopic (exact) mass is 129 g/mol. The van der Waals surface area contributed by atoms with E-state index >= 15 is 0 Å². The molecule has 0 radical (unpaired) electrons. The zero-order chi connectivity index (χ0) is 6.85. The van der Waals surface area contributed by atoms with Gasteiger partial charge in [0.15, 0.2) is 0 Å². The van der Waals surface area contributed by atoms with Gasteiger partial charge in [-0.2, -0.15) is 0 Å². The lowest BCUT2D eigenvalue weighted by molar-refractivity contribution is -0.126. The Morgan fingerprint density at radius 1 is 1.78 bits per heavy atom. The molecule has 52 valence electrons. The van der Waals surface area contributed by atoms with Crippen molar-refractivity contribution in [3.05, 3.63) is 0 Å². The first-order chi connectivity index (χ1) is 4.20. The Hall–Kier alpha value is -0.570. The highest BCUT2D eigenvalue weighted by molar-refractivity contribution is 5.77. The molecular formula is C6H11NO2. The van der Waals surface area contributed by atoms with Crippen LogP contribution in [0.5, 0.6) is 0 Å². The van der Waals surface area contributed by atoms with E-state index in [9.17, 15) is 4.79 Å². The summed E-state index contributed by atoms with van der Waals surface area (Å²) < 4.78 is 0. The fourth-order valence-corrected chi connectivity index (χ4v) is 0.874. The van der Waals surface area contributed by atoms with Crippen molar-refractivity contribution in [1.82, 2.24) is 5.32 Å². The molecule has 0 aromatic carbocycles. The molecule has 1 rings (SSSR count). The van der Waals surface area contributed by atoms with Gasteiger partial charge in [0, 0.05) is 6.54 Å². The summed E-state index contributed by atoms with van der Waals surface area (Å²) in [5.74, 6) is 0.170. The largest absolute Gasteiger partial charge is 0.392 e. The van der Waals surface area contributed by atoms with Crippen LogP contribution in [0.2, 0.25) is 0 Å². The van der Waals surface area contributed by atoms with Crippen LogP contribution in [0.15, 0.2) is 0 Å². The number of hydrogen-bond acceptors (Lipinski definition) is 2. The molecule has 0 aromatic rings. The summed E-state index contributed by atoms with van der Waals surface area (Å²) in [6.45, 7) is 2.53. The van der Waals surface area contributed by atoms with Gasteiger partial charge >= 0.3 is 0 Å². The van der Waals surface area contributed by atoms with Crippen LogP contribution in [0, 0.1) is 5.92 Å². The number of carbonyl (C=O) groups excluding carboxylic acids is 1. The van der Waals surface area contributed by atoms with Gasteiger partial charge in [-0.25, -0.2) is 0 Å². The van der Waals surface area contributed by atoms with Crippen LogP contribution >= 0.6 is 0 Å². The second-order valence-electron chi connectivity index (χ2n) is 2.55. The van der Waals surface area contributed by atoms with Crippen molar-refractivity contribution in [3.8, 4) is 0 Å². The molecule has 1 saturated heterocycles. The SMILES string of the molecule is CC1CNC(=O)CC1O. The normalized spacial score (nSPS) is 36.0. The quantitative estimate of drug-likeness (QED) is 0.463. The van der Waals surface area contributed by atoms with Gasteiger partial charge in [0.2, 0.25) is 5.91 Å². The number of nitrogens with one attached hydrogen (secondary N) is 1. The van der Waals surface area contributed by atoms with Gasteiger partial charge in [0.1, 0.15) is 0 Å². The third-order valence-corrected chi connectivity index (χ3v) is 1.67. The van der Waals surface area contributed by atoms with E-state index in [1.807, 2.05) is 6.92 Å². The first-order valence-corrected chi connectivity index (χ1v) is 3.15. The van der Waals surface area contributed by atoms with Crippen LogP contribution in [-0.2, 0) is 4.79 Å². The van der Waals surface area contributed by atoms with E-state index in [0.29, 0.717) is 6.54 Å². The predicted molar refractivity (Wildman–Crippen MR) is 32.8 cm³/mol. The first kappa shape index (κ1) is 6.55. The molecule has 0 bridgehead atoms. The molecule has 9 heavy (non-hydrogen) atoms. The van der Waals surface area contributed by atoms with E-state index in [1.165, 1.54) is 0 Å². The maximum absolute atomic E-state index is 10.5. The number of aliphatic hydroxyl groups is 1. The zero-order valence-corrected chi connectivity index (χ0v) is 5.42. The Morgan fingerprint density at radius 3 is 2.89 bits per heavy atom. The first-order valence-electron chi connectivity index (χ1n) is 3.15. The van der Waals surface area contributed by atoms with E-state index in [-0.39, 0.29) is 18.2 Å². The third-order valence-electron chi connectivity index (χ3n) is 1.67. The van der Waals surface area contributed by atoms with E-state index in [0.717, 1.165) is 0 Å². The van der Waals surface area contributed by atoms with Gasteiger partial charge in [-0.1, -0.05) is 6.92 Å². The van der Waals surface area contributed by atoms with Gasteiger partial charge < -0.3 is 10.4 Å². The molecule has 2 unspecified atom stereocenters. The highest BCUT2D eigenvalue weighted by Gasteiger charge is 2.22. The van der Waals surface area contributed by atoms with Crippen molar-refractivity contribution >= 4 is 5.91 Å². The van der Waals surface area contributed by atoms with Gasteiger partial charge in [0.05, 0.1) is 12.5 Å². The Morgan fingerprint density at radius 2 is 2.44 bits per heavy atom. The number of aliphatic hydroxyl groups excluding tert-OH is 1. The smallest absolute Gasteiger partial charge is 0.222 e. The molecule has 1 heterocycles. The second-order valence-corrected chi connectivity index (χ2v) is 2.55. The third kappa shape index (κ3) is 1.42. The summed E-state index contributed by atoms with van der Waals surface area (Å²) >= 11 is 0. The summed E-state index contributed by atoms with van der Waals surface area (Å²) in [5, 5.41) is 11.8. The summed E-state index contributed by atoms with van der Waals surface area (Å²) in [6.07, 6.45) is -0.167. The summed E-state index contributed by atoms with van der Waals surface area (Å²) in [7, 11) is 0. The average Bonchev–Trinajstić information content (AvgIpc) is 1.80. The minimum atomic E-state index is -0.432. The van der Waals surface area contributed by atoms with Gasteiger partial charge in [-0.05, 0) is 5.92 Å². The number of piperidine rings is 1. The number of hydrogen-bond donors (Lipinski definition) is 2. The molecule has 1 aliphatic rings. The number of carbonyl (C=O) groups is 1. The van der Waals surface area contributed by atoms with Crippen LogP contribution in [0.4, 0.5) is 0 Å². The van der Waals surface area contributed by atoms with E-state index in [1.54, 1.807) is 0 Å². The van der Waals surface area contributed by atoms with E-state index in [4.69, 9.17) is 5.11 Å². The van der Waals surface area contributed by atoms with Crippen molar-refractivity contribution in [3.63, 3.8) is 0 Å². The molecule has 3 nitrogen and oxygen atoms in total. The Labute approximate surface area is 54.1 Å². The molecule has 0 aromatic heterocycles. The van der Waals surface area contributed by atoms with Crippen LogP contribution in [0.25, 0.3) is 0 Å². The molecule has 1 fully saturated rings. The Balaban J connectivity index is 2.44. The summed E-state index contributed by atoms with van der Waals surface area (Å²) in [6, 6.07) is 0. The minimum absolute atomic E-state index is 0.0411. The molecule has 2 N–H and O–H groups in total. The number of amides is 1. The lowest BCUT2D eigenvalue weighted by Gasteiger charge is -2.23. The Kier molecular flexibility index (Phi) is 1.71. The van der Waals surface area contributed by atoms with Crippen LogP contribution in [0.3, 0.4) is 0 Å². The zero-order valence-electron chi connectivity index (χ0n) is 5.42. The molecule has 1 aliphatic heterocycles. The maximum atomic E-state index is 10.5. The highest BCUT2D eigenvalue weighted by atomic mass is 16.3. The van der Waals surface area contributed by atoms with Crippen molar-refractivity contribution < 1.29 is 9.90 Å². The average molecular weight is 129 g/mol. The van der Waals surface area contributed by atoms with E-state index in [2.05, 4.69) is 5.32 Å². The minimum Gasteiger partial charge on any atom is -0.392 e. The van der Waals surface area contributed by atoms with Gasteiger partial charge in [0.25, 0.3) is 0 Å². The highest BCUT2D eigenvalue weighted by Crippen LogP contribution is 2.09. The lowest BCUT2D eigenvalue weighted by Crippen LogP contribution is -2.42. The van der Waals surface area contributed by atoms with Crippen LogP contribution < -0.4 is 5.32 Å². The van der Waals surface area contributed by atoms with Gasteiger partial charge in [-0.15, -0.1) is 0 Å². The lowest BCUT2D eigenvalue weighted by atomic mass is 9.98. The number of rotatable bonds is 0. The molecule has 0 aliphatic carbocycles. The molecule has 0 saturated carbocycles. The topological polar surface area (TPSA) is 49.3 Å². The van der Waals surface area contributed by atoms with Crippen molar-refractivity contribution in [2.45, 2.75) is 19.4 Å². The molecule has 3 heteroatoms. The van der Waals surface area contributed by atoms with Crippen LogP contribution in [0.1, 0.15) is 13.3 Å². The standard InChI is InChI=1S/C6H11NO2/c1-4-3-7-6(9)2-5(4)8/h4-5,8H,2-3H2,1H3,(H,7,9). The summed E-state index contributed by atoms with van der Waals surface area (Å²) in [4.78, 5) is 10.5. The maximum Gasteiger partial charge on any atom is 0.222 e. The van der Waals surface area contributed by atoms with Crippen molar-refractivity contribution in [2.24, 2.45) is 5.92 Å². The molecule has 1 amide bonds. The van der Waals surface area contributed by atoms with Crippen molar-refractivity contribution in [2.75, 3.05) is 6.54 Å². The van der Waals surface area contributed by atoms with Gasteiger partial charge in [-0.3, -0.25) is 4.79 Å². The molecular weight excluding hydrogens is 118 g/mol. The fourth-order valence-electron chi connectivity index (χ4n) is 0.874. The van der Waals surface area contributed by atoms with E-state index < -0.39 is 6.10 Å². The summed E-state index contributed by atoms with van der Waals surface area (Å²) in [5.41, 5.74) is 0. The van der Waals surface area contributed by atoms with Crippen LogP contribution in [-0.4, -0.2) is 23.7 Å². The fraction of sp³-hybridized carbons (Fsp3) is 0.833.